The van der Waals surface area contributed by atoms with Gasteiger partial charge >= 0.3 is 0 Å². The van der Waals surface area contributed by atoms with Crippen LogP contribution in [0, 0.1) is 11.8 Å². The molecule has 2 aliphatic heterocycles. The molecule has 0 saturated carbocycles. The largest absolute Gasteiger partial charge is 0.339 e. The SMILES string of the molecule is CCCCN1CC[C@@H]2[C@@H](CCN2C(=O)C(C)C)C1. The molecule has 0 unspecified atom stereocenters. The lowest BCUT2D eigenvalue weighted by atomic mass is 9.92. The molecule has 0 aromatic heterocycles. The molecule has 0 aliphatic carbocycles. The maximum Gasteiger partial charge on any atom is 0.225 e. The van der Waals surface area contributed by atoms with Crippen LogP contribution in [0.25, 0.3) is 0 Å². The lowest BCUT2D eigenvalue weighted by Crippen LogP contribution is -2.48. The van der Waals surface area contributed by atoms with Crippen LogP contribution in [0.5, 0.6) is 0 Å². The number of hydrogen-bond donors (Lipinski definition) is 0. The molecule has 0 aromatic carbocycles. The molecular weight excluding hydrogens is 224 g/mol. The lowest BCUT2D eigenvalue weighted by Gasteiger charge is -2.38. The Labute approximate surface area is 112 Å². The first kappa shape index (κ1) is 13.9. The summed E-state index contributed by atoms with van der Waals surface area (Å²) in [6.45, 7) is 10.9. The number of hydrogen-bond acceptors (Lipinski definition) is 2. The highest BCUT2D eigenvalue weighted by Gasteiger charge is 2.40. The Morgan fingerprint density at radius 2 is 2.06 bits per heavy atom. The molecule has 2 fully saturated rings. The quantitative estimate of drug-likeness (QED) is 0.767. The summed E-state index contributed by atoms with van der Waals surface area (Å²) in [4.78, 5) is 16.9. The molecule has 0 aromatic rings. The molecule has 2 aliphatic rings. The molecule has 1 amide bonds. The molecule has 0 bridgehead atoms. The minimum Gasteiger partial charge on any atom is -0.339 e. The van der Waals surface area contributed by atoms with Crippen molar-refractivity contribution in [1.82, 2.24) is 9.80 Å². The molecule has 3 heteroatoms. The third-order valence-electron chi connectivity index (χ3n) is 4.52. The van der Waals surface area contributed by atoms with Gasteiger partial charge in [0.2, 0.25) is 5.91 Å². The molecule has 0 N–H and O–H groups in total. The van der Waals surface area contributed by atoms with Crippen molar-refractivity contribution in [3.63, 3.8) is 0 Å². The molecule has 2 saturated heterocycles. The Kier molecular flexibility index (Phi) is 4.66. The van der Waals surface area contributed by atoms with E-state index >= 15 is 0 Å². The van der Waals surface area contributed by atoms with Crippen molar-refractivity contribution in [2.75, 3.05) is 26.2 Å². The van der Waals surface area contributed by atoms with E-state index in [9.17, 15) is 4.79 Å². The average molecular weight is 252 g/mol. The van der Waals surface area contributed by atoms with E-state index in [1.165, 1.54) is 45.3 Å². The number of rotatable bonds is 4. The van der Waals surface area contributed by atoms with Gasteiger partial charge in [-0.1, -0.05) is 27.2 Å². The van der Waals surface area contributed by atoms with E-state index in [1.54, 1.807) is 0 Å². The molecule has 2 atom stereocenters. The van der Waals surface area contributed by atoms with E-state index in [0.29, 0.717) is 11.9 Å². The van der Waals surface area contributed by atoms with Crippen LogP contribution in [0.3, 0.4) is 0 Å². The van der Waals surface area contributed by atoms with E-state index < -0.39 is 0 Å². The summed E-state index contributed by atoms with van der Waals surface area (Å²) in [5.74, 6) is 1.25. The maximum atomic E-state index is 12.2. The van der Waals surface area contributed by atoms with Gasteiger partial charge in [0.1, 0.15) is 0 Å². The van der Waals surface area contributed by atoms with Gasteiger partial charge in [0.15, 0.2) is 0 Å². The van der Waals surface area contributed by atoms with E-state index in [1.807, 2.05) is 13.8 Å². The van der Waals surface area contributed by atoms with Gasteiger partial charge < -0.3 is 9.80 Å². The van der Waals surface area contributed by atoms with Crippen molar-refractivity contribution in [3.05, 3.63) is 0 Å². The van der Waals surface area contributed by atoms with Gasteiger partial charge in [-0.15, -0.1) is 0 Å². The topological polar surface area (TPSA) is 23.6 Å². The zero-order chi connectivity index (χ0) is 13.1. The molecule has 104 valence electrons. The molecule has 0 radical (unpaired) electrons. The Bertz CT molecular complexity index is 290. The summed E-state index contributed by atoms with van der Waals surface area (Å²) < 4.78 is 0. The molecule has 18 heavy (non-hydrogen) atoms. The van der Waals surface area contributed by atoms with Gasteiger partial charge in [0.25, 0.3) is 0 Å². The van der Waals surface area contributed by atoms with Crippen LogP contribution in [0.2, 0.25) is 0 Å². The average Bonchev–Trinajstić information content (AvgIpc) is 2.78. The Morgan fingerprint density at radius 3 is 2.72 bits per heavy atom. The summed E-state index contributed by atoms with van der Waals surface area (Å²) in [5.41, 5.74) is 0. The summed E-state index contributed by atoms with van der Waals surface area (Å²) in [7, 11) is 0. The van der Waals surface area contributed by atoms with Gasteiger partial charge in [-0.25, -0.2) is 0 Å². The van der Waals surface area contributed by atoms with Crippen LogP contribution in [-0.4, -0.2) is 47.9 Å². The van der Waals surface area contributed by atoms with Crippen molar-refractivity contribution in [1.29, 1.82) is 0 Å². The van der Waals surface area contributed by atoms with Crippen LogP contribution in [0.4, 0.5) is 0 Å². The first-order valence-corrected chi connectivity index (χ1v) is 7.66. The second kappa shape index (κ2) is 6.05. The van der Waals surface area contributed by atoms with Crippen LogP contribution < -0.4 is 0 Å². The van der Waals surface area contributed by atoms with E-state index in [4.69, 9.17) is 0 Å². The number of fused-ring (bicyclic) bond motifs is 1. The molecule has 2 rings (SSSR count). The third-order valence-corrected chi connectivity index (χ3v) is 4.52. The van der Waals surface area contributed by atoms with Crippen molar-refractivity contribution < 1.29 is 4.79 Å². The van der Waals surface area contributed by atoms with Crippen molar-refractivity contribution in [3.8, 4) is 0 Å². The van der Waals surface area contributed by atoms with Crippen LogP contribution in [-0.2, 0) is 4.79 Å². The molecule has 3 nitrogen and oxygen atoms in total. The van der Waals surface area contributed by atoms with Gasteiger partial charge in [-0.3, -0.25) is 4.79 Å². The maximum absolute atomic E-state index is 12.2. The summed E-state index contributed by atoms with van der Waals surface area (Å²) in [5, 5.41) is 0. The number of likely N-dealkylation sites (tertiary alicyclic amines) is 2. The first-order valence-electron chi connectivity index (χ1n) is 7.66. The monoisotopic (exact) mass is 252 g/mol. The highest BCUT2D eigenvalue weighted by molar-refractivity contribution is 5.78. The van der Waals surface area contributed by atoms with Gasteiger partial charge in [-0.2, -0.15) is 0 Å². The predicted octanol–water partition coefficient (Wildman–Crippen LogP) is 2.37. The van der Waals surface area contributed by atoms with Crippen LogP contribution in [0.15, 0.2) is 0 Å². The number of amides is 1. The minimum atomic E-state index is 0.155. The lowest BCUT2D eigenvalue weighted by molar-refractivity contribution is -0.136. The van der Waals surface area contributed by atoms with Gasteiger partial charge in [-0.05, 0) is 31.7 Å². The zero-order valence-corrected chi connectivity index (χ0v) is 12.2. The fourth-order valence-corrected chi connectivity index (χ4v) is 3.45. The smallest absolute Gasteiger partial charge is 0.225 e. The second-order valence-corrected chi connectivity index (χ2v) is 6.25. The summed E-state index contributed by atoms with van der Waals surface area (Å²) in [6.07, 6.45) is 4.99. The molecule has 2 heterocycles. The van der Waals surface area contributed by atoms with Gasteiger partial charge in [0, 0.05) is 31.6 Å². The fourth-order valence-electron chi connectivity index (χ4n) is 3.45. The third kappa shape index (κ3) is 2.87. The Balaban J connectivity index is 1.89. The zero-order valence-electron chi connectivity index (χ0n) is 12.2. The van der Waals surface area contributed by atoms with Crippen LogP contribution >= 0.6 is 0 Å². The fraction of sp³-hybridized carbons (Fsp3) is 0.933. The number of carbonyl (C=O) groups excluding carboxylic acids is 1. The number of piperidine rings is 1. The number of nitrogens with zero attached hydrogens (tertiary/aromatic N) is 2. The highest BCUT2D eigenvalue weighted by atomic mass is 16.2. The number of carbonyl (C=O) groups is 1. The van der Waals surface area contributed by atoms with E-state index in [2.05, 4.69) is 16.7 Å². The van der Waals surface area contributed by atoms with Crippen molar-refractivity contribution in [2.24, 2.45) is 11.8 Å². The Morgan fingerprint density at radius 1 is 1.28 bits per heavy atom. The van der Waals surface area contributed by atoms with E-state index in [0.717, 1.165) is 12.5 Å². The Hall–Kier alpha value is -0.570. The highest BCUT2D eigenvalue weighted by Crippen LogP contribution is 2.32. The van der Waals surface area contributed by atoms with Crippen LogP contribution in [0.1, 0.15) is 46.5 Å². The van der Waals surface area contributed by atoms with E-state index in [-0.39, 0.29) is 5.92 Å². The summed E-state index contributed by atoms with van der Waals surface area (Å²) >= 11 is 0. The van der Waals surface area contributed by atoms with Crippen molar-refractivity contribution >= 4 is 5.91 Å². The van der Waals surface area contributed by atoms with Crippen molar-refractivity contribution in [2.45, 2.75) is 52.5 Å². The van der Waals surface area contributed by atoms with Gasteiger partial charge in [0.05, 0.1) is 0 Å². The normalized spacial score (nSPS) is 28.8. The minimum absolute atomic E-state index is 0.155. The second-order valence-electron chi connectivity index (χ2n) is 6.25. The molecular formula is C15H28N2O. The summed E-state index contributed by atoms with van der Waals surface area (Å²) in [6, 6.07) is 0.540. The number of unbranched alkanes of at least 4 members (excludes halogenated alkanes) is 1. The first-order chi connectivity index (χ1) is 8.63. The predicted molar refractivity (Wildman–Crippen MR) is 74.4 cm³/mol. The standard InChI is InChI=1S/C15H28N2O/c1-4-5-8-16-9-7-14-13(11-16)6-10-17(14)15(18)12(2)3/h12-14H,4-11H2,1-3H3/t13-,14+/m0/s1. The molecule has 0 spiro atoms.